The van der Waals surface area contributed by atoms with E-state index in [2.05, 4.69) is 5.32 Å². The maximum absolute atomic E-state index is 13.5. The third kappa shape index (κ3) is 5.69. The number of hydrogen-bond acceptors (Lipinski definition) is 4. The molecule has 1 rings (SSSR count). The SMILES string of the molecule is CC(C)(C)OC(=O)Nc1ccc(F)cc1C(CN)CC(=O)O. The standard InChI is InChI=1S/C15H21FN2O4/c1-15(2,3)22-14(21)18-12-5-4-10(16)7-11(12)9(8-17)6-13(19)20/h4-5,7,9H,6,8,17H2,1-3H3,(H,18,21)(H,19,20). The number of carbonyl (C=O) groups excluding carboxylic acids is 1. The Balaban J connectivity index is 3.04. The lowest BCUT2D eigenvalue weighted by Crippen LogP contribution is -2.28. The van der Waals surface area contributed by atoms with Gasteiger partial charge in [0, 0.05) is 11.6 Å². The van der Waals surface area contributed by atoms with Crippen LogP contribution >= 0.6 is 0 Å². The van der Waals surface area contributed by atoms with Gasteiger partial charge in [-0.05, 0) is 51.1 Å². The molecule has 0 bridgehead atoms. The van der Waals surface area contributed by atoms with E-state index in [9.17, 15) is 14.0 Å². The summed E-state index contributed by atoms with van der Waals surface area (Å²) in [5.41, 5.74) is 5.51. The summed E-state index contributed by atoms with van der Waals surface area (Å²) in [4.78, 5) is 22.7. The first-order chi connectivity index (χ1) is 10.1. The number of carboxylic acid groups (broad SMARTS) is 1. The summed E-state index contributed by atoms with van der Waals surface area (Å²) >= 11 is 0. The zero-order chi connectivity index (χ0) is 16.9. The molecule has 122 valence electrons. The number of nitrogens with two attached hydrogens (primary N) is 1. The lowest BCUT2D eigenvalue weighted by molar-refractivity contribution is -0.137. The molecule has 1 unspecified atom stereocenters. The van der Waals surface area contributed by atoms with Crippen molar-refractivity contribution in [1.29, 1.82) is 0 Å². The van der Waals surface area contributed by atoms with Gasteiger partial charge in [-0.15, -0.1) is 0 Å². The zero-order valence-corrected chi connectivity index (χ0v) is 12.9. The molecule has 1 aromatic carbocycles. The number of aliphatic carboxylic acids is 1. The minimum absolute atomic E-state index is 0.0127. The summed E-state index contributed by atoms with van der Waals surface area (Å²) < 4.78 is 18.6. The van der Waals surface area contributed by atoms with Crippen molar-refractivity contribution < 1.29 is 23.8 Å². The van der Waals surface area contributed by atoms with Crippen LogP contribution in [0.25, 0.3) is 0 Å². The molecule has 0 saturated carbocycles. The number of amides is 1. The maximum Gasteiger partial charge on any atom is 0.412 e. The molecule has 1 amide bonds. The largest absolute Gasteiger partial charge is 0.481 e. The fraction of sp³-hybridized carbons (Fsp3) is 0.467. The highest BCUT2D eigenvalue weighted by Crippen LogP contribution is 2.28. The van der Waals surface area contributed by atoms with Gasteiger partial charge in [0.25, 0.3) is 0 Å². The first kappa shape index (κ1) is 17.9. The molecule has 1 atom stereocenters. The number of hydrogen-bond donors (Lipinski definition) is 3. The number of nitrogens with one attached hydrogen (secondary N) is 1. The lowest BCUT2D eigenvalue weighted by atomic mass is 9.94. The van der Waals surface area contributed by atoms with Crippen LogP contribution in [0.4, 0.5) is 14.9 Å². The van der Waals surface area contributed by atoms with Crippen LogP contribution in [0.5, 0.6) is 0 Å². The van der Waals surface area contributed by atoms with Crippen molar-refractivity contribution in [2.75, 3.05) is 11.9 Å². The summed E-state index contributed by atoms with van der Waals surface area (Å²) in [6.07, 6.45) is -0.963. The van der Waals surface area contributed by atoms with Gasteiger partial charge in [0.15, 0.2) is 0 Å². The molecule has 0 heterocycles. The van der Waals surface area contributed by atoms with Gasteiger partial charge in [0.1, 0.15) is 11.4 Å². The molecule has 0 saturated heterocycles. The average Bonchev–Trinajstić information content (AvgIpc) is 2.35. The molecule has 1 aromatic rings. The summed E-state index contributed by atoms with van der Waals surface area (Å²) in [6, 6.07) is 3.71. The van der Waals surface area contributed by atoms with Crippen LogP contribution in [-0.4, -0.2) is 29.3 Å². The number of halogens is 1. The molecule has 0 aromatic heterocycles. The minimum Gasteiger partial charge on any atom is -0.481 e. The number of ether oxygens (including phenoxy) is 1. The normalized spacial score (nSPS) is 12.6. The van der Waals surface area contributed by atoms with Gasteiger partial charge < -0.3 is 15.6 Å². The van der Waals surface area contributed by atoms with Gasteiger partial charge in [0.2, 0.25) is 0 Å². The lowest BCUT2D eigenvalue weighted by Gasteiger charge is -2.22. The quantitative estimate of drug-likeness (QED) is 0.776. The van der Waals surface area contributed by atoms with Crippen molar-refractivity contribution in [3.63, 3.8) is 0 Å². The Hall–Kier alpha value is -2.15. The van der Waals surface area contributed by atoms with Gasteiger partial charge in [-0.2, -0.15) is 0 Å². The number of rotatable bonds is 5. The molecule has 6 nitrogen and oxygen atoms in total. The van der Waals surface area contributed by atoms with E-state index >= 15 is 0 Å². The molecule has 0 aliphatic heterocycles. The fourth-order valence-corrected chi connectivity index (χ4v) is 1.93. The van der Waals surface area contributed by atoms with E-state index in [1.807, 2.05) is 0 Å². The predicted octanol–water partition coefficient (Wildman–Crippen LogP) is 2.69. The second-order valence-electron chi connectivity index (χ2n) is 5.89. The van der Waals surface area contributed by atoms with E-state index in [0.29, 0.717) is 5.56 Å². The Morgan fingerprint density at radius 2 is 2.05 bits per heavy atom. The highest BCUT2D eigenvalue weighted by atomic mass is 19.1. The van der Waals surface area contributed by atoms with Crippen LogP contribution in [0.3, 0.4) is 0 Å². The van der Waals surface area contributed by atoms with Crippen molar-refractivity contribution in [2.24, 2.45) is 5.73 Å². The number of anilines is 1. The molecule has 0 radical (unpaired) electrons. The third-order valence-corrected chi connectivity index (χ3v) is 2.79. The second kappa shape index (κ2) is 7.22. The molecule has 22 heavy (non-hydrogen) atoms. The van der Waals surface area contributed by atoms with E-state index in [4.69, 9.17) is 15.6 Å². The van der Waals surface area contributed by atoms with Crippen LogP contribution in [0, 0.1) is 5.82 Å². The maximum atomic E-state index is 13.5. The Kier molecular flexibility index (Phi) is 5.87. The summed E-state index contributed by atoms with van der Waals surface area (Å²) in [6.45, 7) is 5.15. The molecular formula is C15H21FN2O4. The zero-order valence-electron chi connectivity index (χ0n) is 12.9. The molecule has 0 aliphatic carbocycles. The van der Waals surface area contributed by atoms with Crippen molar-refractivity contribution in [1.82, 2.24) is 0 Å². The number of carboxylic acids is 1. The highest BCUT2D eigenvalue weighted by molar-refractivity contribution is 5.86. The smallest absolute Gasteiger partial charge is 0.412 e. The fourth-order valence-electron chi connectivity index (χ4n) is 1.93. The Bertz CT molecular complexity index is 555. The number of benzene rings is 1. The first-order valence-electron chi connectivity index (χ1n) is 6.83. The monoisotopic (exact) mass is 312 g/mol. The molecular weight excluding hydrogens is 291 g/mol. The minimum atomic E-state index is -1.05. The van der Waals surface area contributed by atoms with Crippen LogP contribution in [0.1, 0.15) is 38.7 Å². The number of carbonyl (C=O) groups is 2. The van der Waals surface area contributed by atoms with Gasteiger partial charge >= 0.3 is 12.1 Å². The molecule has 0 spiro atoms. The van der Waals surface area contributed by atoms with E-state index in [0.717, 1.165) is 0 Å². The van der Waals surface area contributed by atoms with Crippen LogP contribution in [-0.2, 0) is 9.53 Å². The Morgan fingerprint density at radius 3 is 2.55 bits per heavy atom. The summed E-state index contributed by atoms with van der Waals surface area (Å²) in [5, 5.41) is 11.4. The van der Waals surface area contributed by atoms with Crippen molar-refractivity contribution in [3.05, 3.63) is 29.6 Å². The average molecular weight is 312 g/mol. The summed E-state index contributed by atoms with van der Waals surface area (Å²) in [5.74, 6) is -2.20. The van der Waals surface area contributed by atoms with Crippen molar-refractivity contribution in [2.45, 2.75) is 38.7 Å². The third-order valence-electron chi connectivity index (χ3n) is 2.79. The topological polar surface area (TPSA) is 102 Å². The molecule has 0 aliphatic rings. The van der Waals surface area contributed by atoms with Crippen LogP contribution in [0.2, 0.25) is 0 Å². The molecule has 7 heteroatoms. The summed E-state index contributed by atoms with van der Waals surface area (Å²) in [7, 11) is 0. The van der Waals surface area contributed by atoms with E-state index < -0.39 is 29.4 Å². The van der Waals surface area contributed by atoms with Crippen molar-refractivity contribution >= 4 is 17.7 Å². The van der Waals surface area contributed by atoms with E-state index in [1.165, 1.54) is 18.2 Å². The van der Waals surface area contributed by atoms with Gasteiger partial charge in [-0.1, -0.05) is 0 Å². The Morgan fingerprint density at radius 1 is 1.41 bits per heavy atom. The van der Waals surface area contributed by atoms with Gasteiger partial charge in [0.05, 0.1) is 6.42 Å². The van der Waals surface area contributed by atoms with E-state index in [-0.39, 0.29) is 18.7 Å². The second-order valence-corrected chi connectivity index (χ2v) is 5.89. The van der Waals surface area contributed by atoms with Crippen molar-refractivity contribution in [3.8, 4) is 0 Å². The van der Waals surface area contributed by atoms with Crippen LogP contribution < -0.4 is 11.1 Å². The molecule has 4 N–H and O–H groups in total. The predicted molar refractivity (Wildman–Crippen MR) is 80.3 cm³/mol. The first-order valence-corrected chi connectivity index (χ1v) is 6.83. The van der Waals surface area contributed by atoms with Gasteiger partial charge in [-0.3, -0.25) is 10.1 Å². The molecule has 0 fully saturated rings. The van der Waals surface area contributed by atoms with Gasteiger partial charge in [-0.25, -0.2) is 9.18 Å². The van der Waals surface area contributed by atoms with Crippen LogP contribution in [0.15, 0.2) is 18.2 Å². The van der Waals surface area contributed by atoms with E-state index in [1.54, 1.807) is 20.8 Å². The highest BCUT2D eigenvalue weighted by Gasteiger charge is 2.21. The Labute approximate surface area is 128 Å².